The Bertz CT molecular complexity index is 1070. The van der Waals surface area contributed by atoms with Gasteiger partial charge in [-0.3, -0.25) is 19.6 Å². The molecule has 6 nitrogen and oxygen atoms in total. The van der Waals surface area contributed by atoms with Gasteiger partial charge in [0.1, 0.15) is 0 Å². The lowest BCUT2D eigenvalue weighted by atomic mass is 10.0. The van der Waals surface area contributed by atoms with Crippen LogP contribution in [0.25, 0.3) is 11.1 Å². The monoisotopic (exact) mass is 422 g/mol. The van der Waals surface area contributed by atoms with Gasteiger partial charge in [-0.2, -0.15) is 0 Å². The number of carbonyl (C=O) groups excluding carboxylic acids is 2. The Kier molecular flexibility index (Phi) is 6.79. The molecule has 2 heterocycles. The molecule has 0 aliphatic rings. The van der Waals surface area contributed by atoms with Crippen molar-refractivity contribution >= 4 is 29.0 Å². The van der Waals surface area contributed by atoms with Crippen molar-refractivity contribution in [3.63, 3.8) is 0 Å². The highest BCUT2D eigenvalue weighted by molar-refractivity contribution is 6.33. The smallest absolute Gasteiger partial charge is 0.253 e. The van der Waals surface area contributed by atoms with Crippen LogP contribution in [-0.2, 0) is 11.3 Å². The second-order valence-electron chi connectivity index (χ2n) is 7.06. The third-order valence-corrected chi connectivity index (χ3v) is 5.15. The Labute approximate surface area is 180 Å². The van der Waals surface area contributed by atoms with Crippen molar-refractivity contribution in [2.45, 2.75) is 33.4 Å². The van der Waals surface area contributed by atoms with E-state index in [1.807, 2.05) is 31.2 Å². The number of nitrogens with zero attached hydrogens (tertiary/aromatic N) is 2. The van der Waals surface area contributed by atoms with Crippen molar-refractivity contribution in [3.05, 3.63) is 76.8 Å². The fourth-order valence-corrected chi connectivity index (χ4v) is 3.07. The molecular weight excluding hydrogens is 400 g/mol. The zero-order valence-corrected chi connectivity index (χ0v) is 17.8. The molecule has 0 saturated heterocycles. The van der Waals surface area contributed by atoms with Crippen molar-refractivity contribution in [2.24, 2.45) is 0 Å². The van der Waals surface area contributed by atoms with E-state index in [1.54, 1.807) is 31.5 Å². The van der Waals surface area contributed by atoms with Crippen LogP contribution in [0.3, 0.4) is 0 Å². The molecule has 30 heavy (non-hydrogen) atoms. The molecule has 3 aromatic rings. The number of hydrogen-bond acceptors (Lipinski definition) is 5. The summed E-state index contributed by atoms with van der Waals surface area (Å²) in [6.07, 6.45) is 4.93. The quantitative estimate of drug-likeness (QED) is 0.588. The highest BCUT2D eigenvalue weighted by Crippen LogP contribution is 2.29. The van der Waals surface area contributed by atoms with Crippen LogP contribution in [0, 0.1) is 6.92 Å². The van der Waals surface area contributed by atoms with Crippen molar-refractivity contribution in [1.29, 1.82) is 0 Å². The molecule has 1 aromatic carbocycles. The molecule has 0 radical (unpaired) electrons. The molecule has 154 valence electrons. The molecule has 0 fully saturated rings. The molecule has 0 saturated carbocycles. The van der Waals surface area contributed by atoms with Crippen LogP contribution >= 0.6 is 11.6 Å². The second kappa shape index (κ2) is 9.50. The Morgan fingerprint density at radius 1 is 1.13 bits per heavy atom. The van der Waals surface area contributed by atoms with Gasteiger partial charge in [-0.05, 0) is 62.2 Å². The van der Waals surface area contributed by atoms with Crippen LogP contribution < -0.4 is 10.6 Å². The van der Waals surface area contributed by atoms with Gasteiger partial charge in [0, 0.05) is 36.4 Å². The first-order valence-electron chi connectivity index (χ1n) is 9.56. The number of benzene rings is 1. The summed E-state index contributed by atoms with van der Waals surface area (Å²) in [6.45, 7) is 5.58. The number of ketones is 1. The molecule has 2 aromatic heterocycles. The molecular formula is C23H23ClN4O2. The first-order valence-corrected chi connectivity index (χ1v) is 9.93. The molecule has 1 unspecified atom stereocenters. The van der Waals surface area contributed by atoms with E-state index >= 15 is 0 Å². The second-order valence-corrected chi connectivity index (χ2v) is 7.47. The molecule has 0 bridgehead atoms. The fourth-order valence-electron chi connectivity index (χ4n) is 2.84. The summed E-state index contributed by atoms with van der Waals surface area (Å²) >= 11 is 6.41. The Morgan fingerprint density at radius 2 is 1.93 bits per heavy atom. The van der Waals surface area contributed by atoms with Gasteiger partial charge in [-0.1, -0.05) is 17.7 Å². The van der Waals surface area contributed by atoms with Gasteiger partial charge < -0.3 is 10.6 Å². The fraction of sp³-hybridized carbons (Fsp3) is 0.217. The summed E-state index contributed by atoms with van der Waals surface area (Å²) in [7, 11) is 0. The van der Waals surface area contributed by atoms with Crippen LogP contribution in [0.5, 0.6) is 0 Å². The third kappa shape index (κ3) is 5.21. The molecule has 7 heteroatoms. The number of amides is 1. The molecule has 0 aliphatic carbocycles. The maximum absolute atomic E-state index is 12.3. The minimum Gasteiger partial charge on any atom is -0.374 e. The lowest BCUT2D eigenvalue weighted by molar-refractivity contribution is -0.117. The van der Waals surface area contributed by atoms with Gasteiger partial charge in [0.2, 0.25) is 0 Å². The van der Waals surface area contributed by atoms with E-state index in [1.165, 1.54) is 13.1 Å². The summed E-state index contributed by atoms with van der Waals surface area (Å²) in [5.74, 6) is -0.151. The van der Waals surface area contributed by atoms with E-state index in [9.17, 15) is 9.59 Å². The molecule has 0 aliphatic heterocycles. The van der Waals surface area contributed by atoms with E-state index in [2.05, 4.69) is 20.6 Å². The maximum atomic E-state index is 12.3. The van der Waals surface area contributed by atoms with Crippen LogP contribution in [0.4, 0.5) is 5.69 Å². The number of aromatic nitrogens is 2. The summed E-state index contributed by atoms with van der Waals surface area (Å²) in [5.41, 5.74) is 4.74. The molecule has 1 amide bonds. The summed E-state index contributed by atoms with van der Waals surface area (Å²) in [6, 6.07) is 10.7. The lowest BCUT2D eigenvalue weighted by Gasteiger charge is -2.15. The summed E-state index contributed by atoms with van der Waals surface area (Å²) < 4.78 is 0. The largest absolute Gasteiger partial charge is 0.374 e. The predicted octanol–water partition coefficient (Wildman–Crippen LogP) is 4.42. The number of anilines is 1. The van der Waals surface area contributed by atoms with Gasteiger partial charge in [0.15, 0.2) is 5.78 Å². The van der Waals surface area contributed by atoms with Crippen molar-refractivity contribution in [2.75, 3.05) is 5.32 Å². The third-order valence-electron chi connectivity index (χ3n) is 4.84. The average molecular weight is 423 g/mol. The van der Waals surface area contributed by atoms with Crippen molar-refractivity contribution in [3.8, 4) is 11.1 Å². The van der Waals surface area contributed by atoms with Gasteiger partial charge in [-0.15, -0.1) is 0 Å². The van der Waals surface area contributed by atoms with E-state index in [0.29, 0.717) is 22.8 Å². The van der Waals surface area contributed by atoms with E-state index in [4.69, 9.17) is 11.6 Å². The van der Waals surface area contributed by atoms with Gasteiger partial charge in [0.25, 0.3) is 5.91 Å². The minimum absolute atomic E-state index is 0.0378. The molecule has 0 spiro atoms. The predicted molar refractivity (Wildman–Crippen MR) is 119 cm³/mol. The van der Waals surface area contributed by atoms with E-state index in [-0.39, 0.29) is 17.7 Å². The number of rotatable bonds is 7. The van der Waals surface area contributed by atoms with Crippen LogP contribution in [0.15, 0.2) is 55.0 Å². The van der Waals surface area contributed by atoms with Crippen molar-refractivity contribution < 1.29 is 9.59 Å². The van der Waals surface area contributed by atoms with E-state index in [0.717, 1.165) is 22.4 Å². The molecule has 1 atom stereocenters. The number of Topliss-reactive ketones (excluding diaryl/α,β-unsaturated/α-hetero) is 1. The lowest BCUT2D eigenvalue weighted by Crippen LogP contribution is -2.23. The maximum Gasteiger partial charge on any atom is 0.253 e. The number of nitrogens with one attached hydrogen (secondary N) is 2. The average Bonchev–Trinajstić information content (AvgIpc) is 2.74. The van der Waals surface area contributed by atoms with Crippen LogP contribution in [0.2, 0.25) is 5.02 Å². The SMILES string of the molecule is CC(=O)C(C)Nc1ccc(-c2cnc(C)c(CNC(=O)c3cccnc3)c2)cc1Cl. The Morgan fingerprint density at radius 3 is 2.60 bits per heavy atom. The minimum atomic E-state index is -0.315. The first kappa shape index (κ1) is 21.5. The number of aryl methyl sites for hydroxylation is 1. The Balaban J connectivity index is 1.77. The highest BCUT2D eigenvalue weighted by Gasteiger charge is 2.12. The van der Waals surface area contributed by atoms with Gasteiger partial charge in [0.05, 0.1) is 22.3 Å². The van der Waals surface area contributed by atoms with Crippen molar-refractivity contribution in [1.82, 2.24) is 15.3 Å². The zero-order chi connectivity index (χ0) is 21.7. The van der Waals surface area contributed by atoms with Crippen LogP contribution in [0.1, 0.15) is 35.5 Å². The number of halogens is 1. The zero-order valence-electron chi connectivity index (χ0n) is 17.1. The summed E-state index contributed by atoms with van der Waals surface area (Å²) in [4.78, 5) is 32.2. The first-order chi connectivity index (χ1) is 14.3. The number of pyridine rings is 2. The number of hydrogen-bond donors (Lipinski definition) is 2. The molecule has 2 N–H and O–H groups in total. The topological polar surface area (TPSA) is 84.0 Å². The van der Waals surface area contributed by atoms with Gasteiger partial charge >= 0.3 is 0 Å². The molecule has 3 rings (SSSR count). The Hall–Kier alpha value is -3.25. The summed E-state index contributed by atoms with van der Waals surface area (Å²) in [5, 5.41) is 6.53. The van der Waals surface area contributed by atoms with Gasteiger partial charge in [-0.25, -0.2) is 0 Å². The van der Waals surface area contributed by atoms with E-state index < -0.39 is 0 Å². The highest BCUT2D eigenvalue weighted by atomic mass is 35.5. The number of carbonyl (C=O) groups is 2. The standard InChI is InChI=1S/C23H23ClN4O2/c1-14(16(3)29)28-22-7-6-17(10-21(22)24)20-9-19(15(2)26-13-20)12-27-23(30)18-5-4-8-25-11-18/h4-11,13-14,28H,12H2,1-3H3,(H,27,30). The van der Waals surface area contributed by atoms with Crippen LogP contribution in [-0.4, -0.2) is 27.7 Å². The normalized spacial score (nSPS) is 11.6.